The summed E-state index contributed by atoms with van der Waals surface area (Å²) in [5.41, 5.74) is 2.23. The first kappa shape index (κ1) is 13.2. The molecule has 0 aromatic heterocycles. The SMILES string of the molecule is COc1ccc(CNc2ccc(Cl)c(Br)c2)cc1. The summed E-state index contributed by atoms with van der Waals surface area (Å²) in [4.78, 5) is 0. The highest BCUT2D eigenvalue weighted by atomic mass is 79.9. The van der Waals surface area contributed by atoms with Crippen LogP contribution in [0.2, 0.25) is 5.02 Å². The quantitative estimate of drug-likeness (QED) is 0.877. The minimum absolute atomic E-state index is 0.713. The lowest BCUT2D eigenvalue weighted by atomic mass is 10.2. The Labute approximate surface area is 120 Å². The van der Waals surface area contributed by atoms with E-state index >= 15 is 0 Å². The van der Waals surface area contributed by atoms with Gasteiger partial charge in [-0.1, -0.05) is 23.7 Å². The lowest BCUT2D eigenvalue weighted by Gasteiger charge is -2.08. The molecule has 0 fully saturated rings. The Morgan fingerprint density at radius 1 is 1.17 bits per heavy atom. The van der Waals surface area contributed by atoms with Crippen molar-refractivity contribution >= 4 is 33.2 Å². The second kappa shape index (κ2) is 6.12. The van der Waals surface area contributed by atoms with E-state index in [0.29, 0.717) is 5.02 Å². The Kier molecular flexibility index (Phi) is 4.50. The monoisotopic (exact) mass is 325 g/mol. The van der Waals surface area contributed by atoms with Crippen LogP contribution in [0.25, 0.3) is 0 Å². The summed E-state index contributed by atoms with van der Waals surface area (Å²) in [5.74, 6) is 0.869. The van der Waals surface area contributed by atoms with Crippen molar-refractivity contribution in [3.8, 4) is 5.75 Å². The Morgan fingerprint density at radius 2 is 1.89 bits per heavy atom. The molecule has 0 unspecified atom stereocenters. The van der Waals surface area contributed by atoms with E-state index in [9.17, 15) is 0 Å². The number of benzene rings is 2. The molecule has 1 N–H and O–H groups in total. The summed E-state index contributed by atoms with van der Waals surface area (Å²) in [5, 5.41) is 4.05. The predicted molar refractivity (Wildman–Crippen MR) is 79.5 cm³/mol. The van der Waals surface area contributed by atoms with Crippen LogP contribution >= 0.6 is 27.5 Å². The topological polar surface area (TPSA) is 21.3 Å². The Bertz CT molecular complexity index is 528. The number of anilines is 1. The van der Waals surface area contributed by atoms with E-state index in [1.807, 2.05) is 42.5 Å². The molecule has 0 spiro atoms. The third kappa shape index (κ3) is 3.40. The van der Waals surface area contributed by atoms with E-state index in [-0.39, 0.29) is 0 Å². The second-order valence-corrected chi connectivity index (χ2v) is 5.09. The van der Waals surface area contributed by atoms with Gasteiger partial charge in [0.2, 0.25) is 0 Å². The minimum atomic E-state index is 0.713. The fraction of sp³-hybridized carbons (Fsp3) is 0.143. The molecule has 0 aliphatic carbocycles. The summed E-state index contributed by atoms with van der Waals surface area (Å²) < 4.78 is 6.01. The Morgan fingerprint density at radius 3 is 2.50 bits per heavy atom. The van der Waals surface area contributed by atoms with Gasteiger partial charge in [-0.2, -0.15) is 0 Å². The minimum Gasteiger partial charge on any atom is -0.497 e. The Hall–Kier alpha value is -1.19. The van der Waals surface area contributed by atoms with Crippen LogP contribution < -0.4 is 10.1 Å². The lowest BCUT2D eigenvalue weighted by Crippen LogP contribution is -1.99. The van der Waals surface area contributed by atoms with Crippen LogP contribution in [0.15, 0.2) is 46.9 Å². The molecule has 0 saturated carbocycles. The first-order chi connectivity index (χ1) is 8.69. The van der Waals surface area contributed by atoms with Crippen LogP contribution in [-0.4, -0.2) is 7.11 Å². The number of halogens is 2. The van der Waals surface area contributed by atoms with Crippen LogP contribution in [0.3, 0.4) is 0 Å². The molecule has 0 aliphatic rings. The van der Waals surface area contributed by atoms with Crippen molar-refractivity contribution in [3.63, 3.8) is 0 Å². The van der Waals surface area contributed by atoms with E-state index in [2.05, 4.69) is 21.2 Å². The first-order valence-corrected chi connectivity index (χ1v) is 6.68. The van der Waals surface area contributed by atoms with Crippen molar-refractivity contribution in [1.29, 1.82) is 0 Å². The van der Waals surface area contributed by atoms with Crippen molar-refractivity contribution in [2.75, 3.05) is 12.4 Å². The average Bonchev–Trinajstić information content (AvgIpc) is 2.41. The van der Waals surface area contributed by atoms with Gasteiger partial charge < -0.3 is 10.1 Å². The number of hydrogen-bond donors (Lipinski definition) is 1. The molecule has 2 rings (SSSR count). The number of ether oxygens (including phenoxy) is 1. The normalized spacial score (nSPS) is 10.2. The van der Waals surface area contributed by atoms with Gasteiger partial charge in [0.1, 0.15) is 5.75 Å². The van der Waals surface area contributed by atoms with Crippen LogP contribution in [0, 0.1) is 0 Å². The highest BCUT2D eigenvalue weighted by Gasteiger charge is 1.99. The van der Waals surface area contributed by atoms with Crippen molar-refractivity contribution in [3.05, 3.63) is 57.5 Å². The van der Waals surface area contributed by atoms with Crippen molar-refractivity contribution < 1.29 is 4.74 Å². The van der Waals surface area contributed by atoms with Gasteiger partial charge in [0.15, 0.2) is 0 Å². The largest absolute Gasteiger partial charge is 0.497 e. The van der Waals surface area contributed by atoms with Crippen molar-refractivity contribution in [1.82, 2.24) is 0 Å². The van der Waals surface area contributed by atoms with E-state index in [1.54, 1.807) is 7.11 Å². The molecule has 94 valence electrons. The van der Waals surface area contributed by atoms with Gasteiger partial charge in [0.25, 0.3) is 0 Å². The van der Waals surface area contributed by atoms with Crippen LogP contribution in [0.1, 0.15) is 5.56 Å². The van der Waals surface area contributed by atoms with Crippen LogP contribution in [-0.2, 0) is 6.54 Å². The molecule has 2 aromatic carbocycles. The van der Waals surface area contributed by atoms with Crippen molar-refractivity contribution in [2.24, 2.45) is 0 Å². The zero-order valence-electron chi connectivity index (χ0n) is 9.91. The third-order valence-electron chi connectivity index (χ3n) is 2.58. The highest BCUT2D eigenvalue weighted by molar-refractivity contribution is 9.10. The maximum absolute atomic E-state index is 5.94. The van der Waals surface area contributed by atoms with Gasteiger partial charge >= 0.3 is 0 Å². The van der Waals surface area contributed by atoms with Gasteiger partial charge in [-0.05, 0) is 51.8 Å². The van der Waals surface area contributed by atoms with Crippen LogP contribution in [0.4, 0.5) is 5.69 Å². The zero-order chi connectivity index (χ0) is 13.0. The lowest BCUT2D eigenvalue weighted by molar-refractivity contribution is 0.414. The van der Waals surface area contributed by atoms with Crippen LogP contribution in [0.5, 0.6) is 5.75 Å². The van der Waals surface area contributed by atoms with Crippen molar-refractivity contribution in [2.45, 2.75) is 6.54 Å². The number of hydrogen-bond acceptors (Lipinski definition) is 2. The number of nitrogens with one attached hydrogen (secondary N) is 1. The highest BCUT2D eigenvalue weighted by Crippen LogP contribution is 2.25. The molecule has 4 heteroatoms. The van der Waals surface area contributed by atoms with Gasteiger partial charge in [-0.25, -0.2) is 0 Å². The molecule has 0 amide bonds. The third-order valence-corrected chi connectivity index (χ3v) is 3.79. The summed E-state index contributed by atoms with van der Waals surface area (Å²) in [6.07, 6.45) is 0. The van der Waals surface area contributed by atoms with E-state index in [4.69, 9.17) is 16.3 Å². The molecule has 0 atom stereocenters. The summed E-state index contributed by atoms with van der Waals surface area (Å²) in [6, 6.07) is 13.8. The summed E-state index contributed by atoms with van der Waals surface area (Å²) in [7, 11) is 1.67. The maximum atomic E-state index is 5.94. The maximum Gasteiger partial charge on any atom is 0.118 e. The molecule has 0 bridgehead atoms. The van der Waals surface area contributed by atoms with E-state index < -0.39 is 0 Å². The fourth-order valence-electron chi connectivity index (χ4n) is 1.55. The zero-order valence-corrected chi connectivity index (χ0v) is 12.3. The summed E-state index contributed by atoms with van der Waals surface area (Å²) >= 11 is 9.35. The Balaban J connectivity index is 1.99. The average molecular weight is 327 g/mol. The molecule has 18 heavy (non-hydrogen) atoms. The molecule has 0 aliphatic heterocycles. The predicted octanol–water partition coefficient (Wildman–Crippen LogP) is 4.72. The number of rotatable bonds is 4. The first-order valence-electron chi connectivity index (χ1n) is 5.51. The molecule has 0 saturated heterocycles. The second-order valence-electron chi connectivity index (χ2n) is 3.83. The smallest absolute Gasteiger partial charge is 0.118 e. The molecule has 0 radical (unpaired) electrons. The summed E-state index contributed by atoms with van der Waals surface area (Å²) in [6.45, 7) is 0.762. The van der Waals surface area contributed by atoms with E-state index in [1.165, 1.54) is 5.56 Å². The van der Waals surface area contributed by atoms with Gasteiger partial charge in [-0.3, -0.25) is 0 Å². The van der Waals surface area contributed by atoms with Gasteiger partial charge in [-0.15, -0.1) is 0 Å². The van der Waals surface area contributed by atoms with E-state index in [0.717, 1.165) is 22.5 Å². The molecule has 2 aromatic rings. The molecular formula is C14H13BrClNO. The standard InChI is InChI=1S/C14H13BrClNO/c1-18-12-5-2-10(3-6-12)9-17-11-4-7-14(16)13(15)8-11/h2-8,17H,9H2,1H3. The fourth-order valence-corrected chi connectivity index (χ4v) is 2.05. The number of methoxy groups -OCH3 is 1. The van der Waals surface area contributed by atoms with Gasteiger partial charge in [0.05, 0.1) is 12.1 Å². The molecular weight excluding hydrogens is 314 g/mol. The molecule has 0 heterocycles. The molecule has 2 nitrogen and oxygen atoms in total. The van der Waals surface area contributed by atoms with Gasteiger partial charge in [0, 0.05) is 16.7 Å².